The zero-order valence-corrected chi connectivity index (χ0v) is 45.9. The van der Waals surface area contributed by atoms with E-state index in [-0.39, 0.29) is 18.7 Å². The number of rotatable bonds is 45. The predicted octanol–water partition coefficient (Wildman–Crippen LogP) is 9.42. The van der Waals surface area contributed by atoms with Crippen molar-refractivity contribution in [3.63, 3.8) is 0 Å². The van der Waals surface area contributed by atoms with Gasteiger partial charge in [0.25, 0.3) is 0 Å². The highest BCUT2D eigenvalue weighted by molar-refractivity contribution is 7.61. The van der Waals surface area contributed by atoms with Gasteiger partial charge in [-0.3, -0.25) is 23.2 Å². The van der Waals surface area contributed by atoms with Crippen molar-refractivity contribution in [2.45, 2.75) is 250 Å². The minimum atomic E-state index is -5.45. The first kappa shape index (κ1) is 66.5. The average molecular weight is 1080 g/mol. The lowest BCUT2D eigenvalue weighted by Gasteiger charge is -2.21. The third kappa shape index (κ3) is 31.9. The summed E-state index contributed by atoms with van der Waals surface area (Å²) in [7, 11) is -10.9. The van der Waals surface area contributed by atoms with Crippen LogP contribution in [0.25, 0.3) is 0 Å². The summed E-state index contributed by atoms with van der Waals surface area (Å²) in [5.41, 5.74) is 4.58. The Bertz CT molecular complexity index is 1820. The zero-order valence-electron chi connectivity index (χ0n) is 44.1. The number of allylic oxidation sites excluding steroid dienone is 1. The number of unbranched alkanes of at least 4 members (excludes halogenated alkanes) is 21. The molecular formula is C51H93N3O17P2. The summed E-state index contributed by atoms with van der Waals surface area (Å²) in [6.07, 6.45) is 23.0. The number of hydrogen-bond acceptors (Lipinski definition) is 17. The molecule has 0 aromatic carbocycles. The fourth-order valence-corrected chi connectivity index (χ4v) is 10.5. The van der Waals surface area contributed by atoms with Crippen LogP contribution in [0, 0.1) is 5.92 Å². The maximum absolute atomic E-state index is 12.9. The van der Waals surface area contributed by atoms with Gasteiger partial charge in [0.2, 0.25) is 0 Å². The fraction of sp³-hybridized carbons (Fsp3) is 0.843. The van der Waals surface area contributed by atoms with Gasteiger partial charge in [-0.25, -0.2) is 13.9 Å². The van der Waals surface area contributed by atoms with Crippen LogP contribution in [-0.4, -0.2) is 108 Å². The van der Waals surface area contributed by atoms with Crippen molar-refractivity contribution in [1.82, 2.24) is 9.55 Å². The lowest BCUT2D eigenvalue weighted by atomic mass is 10.0. The van der Waals surface area contributed by atoms with Crippen LogP contribution in [0.2, 0.25) is 0 Å². The lowest BCUT2D eigenvalue weighted by molar-refractivity contribution is -0.161. The number of aromatic nitrogens is 2. The molecular weight excluding hydrogens is 989 g/mol. The van der Waals surface area contributed by atoms with Crippen molar-refractivity contribution in [2.24, 2.45) is 5.92 Å². The van der Waals surface area contributed by atoms with E-state index < -0.39 is 95.9 Å². The third-order valence-electron chi connectivity index (χ3n) is 12.7. The molecule has 0 amide bonds. The second kappa shape index (κ2) is 38.9. The van der Waals surface area contributed by atoms with E-state index in [9.17, 15) is 53.7 Å². The molecule has 1 fully saturated rings. The topological polar surface area (TPSA) is 306 Å². The number of hydrogen-bond donors (Lipinski definition) is 7. The lowest BCUT2D eigenvalue weighted by Crippen LogP contribution is -2.36. The van der Waals surface area contributed by atoms with Crippen molar-refractivity contribution >= 4 is 33.4 Å². The first-order chi connectivity index (χ1) is 34.8. The molecule has 1 aromatic heterocycles. The number of phosphoric acid groups is 2. The minimum absolute atomic E-state index is 0.0232. The molecule has 1 aliphatic heterocycles. The maximum Gasteiger partial charge on any atom is 0.481 e. The molecule has 0 aliphatic carbocycles. The van der Waals surface area contributed by atoms with E-state index in [1.165, 1.54) is 76.7 Å². The fourth-order valence-electron chi connectivity index (χ4n) is 8.35. The number of aliphatic hydroxyl groups is 4. The largest absolute Gasteiger partial charge is 0.481 e. The molecule has 0 radical (unpaired) electrons. The number of anilines is 1. The number of nitrogen functional groups attached to an aromatic ring is 1. The molecule has 1 aliphatic rings. The van der Waals surface area contributed by atoms with Crippen molar-refractivity contribution in [3.05, 3.63) is 34.9 Å². The van der Waals surface area contributed by atoms with Crippen LogP contribution >= 0.6 is 15.6 Å². The standard InChI is InChI=1S/C51H93N3O17P2/c1-4-5-6-7-21-26-31-42(55)43(56)32-27-22-19-24-28-33-46(57)66-37-41(69-47(58)34-29-23-18-16-14-12-10-8-9-11-13-15-17-20-25-30-40(2)3)38-67-72(62,63)71-73(64,65)68-39-44-48(59)49(60)50(70-44)54-36-35-45(52)53-51(54)61/h21,26,35-36,40-44,48-50,55-56,59-60H,4-20,22-25,27-34,37-39H2,1-3H3,(H,62,63)(H,64,65)(H2,52,53,61)/b26-21-/t41-,42-,43-,44-,48-,49-,50-/m1/s1. The first-order valence-corrected chi connectivity index (χ1v) is 30.2. The monoisotopic (exact) mass is 1080 g/mol. The van der Waals surface area contributed by atoms with E-state index in [1.807, 2.05) is 12.2 Å². The summed E-state index contributed by atoms with van der Waals surface area (Å²) >= 11 is 0. The summed E-state index contributed by atoms with van der Waals surface area (Å²) in [5.74, 6) is -0.611. The quantitative estimate of drug-likeness (QED) is 0.0138. The summed E-state index contributed by atoms with van der Waals surface area (Å²) in [6.45, 7) is 4.30. The van der Waals surface area contributed by atoms with Crippen LogP contribution in [0.4, 0.5) is 5.82 Å². The molecule has 2 heterocycles. The molecule has 424 valence electrons. The van der Waals surface area contributed by atoms with Gasteiger partial charge in [0, 0.05) is 19.0 Å². The number of ether oxygens (including phenoxy) is 3. The van der Waals surface area contributed by atoms with Crippen LogP contribution in [0.15, 0.2) is 29.2 Å². The Morgan fingerprint density at radius 3 is 1.82 bits per heavy atom. The SMILES string of the molecule is CCCCC/C=C\C[C@@H](O)[C@H](O)CCCCCCCC(=O)OC[C@H](COP(=O)(O)OP(=O)(O)OC[C@H]1O[C@@H](n2ccc(N)nc2=O)[C@H](O)[C@@H]1O)OC(=O)CCCCCCCCCCCCCCCCCC(C)C. The van der Waals surface area contributed by atoms with Crippen LogP contribution in [0.1, 0.15) is 213 Å². The molecule has 20 nitrogen and oxygen atoms in total. The molecule has 8 N–H and O–H groups in total. The molecule has 0 spiro atoms. The van der Waals surface area contributed by atoms with E-state index in [0.717, 1.165) is 80.9 Å². The van der Waals surface area contributed by atoms with Crippen molar-refractivity contribution in [2.75, 3.05) is 25.6 Å². The number of esters is 2. The molecule has 22 heteroatoms. The van der Waals surface area contributed by atoms with Gasteiger partial charge < -0.3 is 50.2 Å². The second-order valence-corrected chi connectivity index (χ2v) is 22.9. The van der Waals surface area contributed by atoms with Gasteiger partial charge in [-0.05, 0) is 50.5 Å². The minimum Gasteiger partial charge on any atom is -0.462 e. The summed E-state index contributed by atoms with van der Waals surface area (Å²) < 4.78 is 56.8. The van der Waals surface area contributed by atoms with Gasteiger partial charge in [0.1, 0.15) is 30.7 Å². The Morgan fingerprint density at radius 2 is 1.26 bits per heavy atom. The summed E-state index contributed by atoms with van der Waals surface area (Å²) in [6, 6.07) is 1.24. The Hall–Kier alpha value is -2.58. The van der Waals surface area contributed by atoms with E-state index in [4.69, 9.17) is 29.0 Å². The molecule has 0 bridgehead atoms. The van der Waals surface area contributed by atoms with E-state index in [0.29, 0.717) is 38.5 Å². The van der Waals surface area contributed by atoms with E-state index >= 15 is 0 Å². The highest BCUT2D eigenvalue weighted by atomic mass is 31.3. The third-order valence-corrected chi connectivity index (χ3v) is 15.3. The number of phosphoric ester groups is 2. The van der Waals surface area contributed by atoms with Gasteiger partial charge in [0.05, 0.1) is 25.4 Å². The van der Waals surface area contributed by atoms with Crippen LogP contribution < -0.4 is 11.4 Å². The molecule has 73 heavy (non-hydrogen) atoms. The van der Waals surface area contributed by atoms with Crippen LogP contribution in [0.3, 0.4) is 0 Å². The van der Waals surface area contributed by atoms with Crippen molar-refractivity contribution < 1.29 is 76.5 Å². The van der Waals surface area contributed by atoms with Crippen molar-refractivity contribution in [3.8, 4) is 0 Å². The molecule has 2 rings (SSSR count). The van der Waals surface area contributed by atoms with Crippen molar-refractivity contribution in [1.29, 1.82) is 0 Å². The Labute approximate surface area is 434 Å². The number of carbonyl (C=O) groups excluding carboxylic acids is 2. The predicted molar refractivity (Wildman–Crippen MR) is 278 cm³/mol. The molecule has 9 atom stereocenters. The van der Waals surface area contributed by atoms with Crippen LogP contribution in [-0.2, 0) is 46.3 Å². The Balaban J connectivity index is 1.80. The Morgan fingerprint density at radius 1 is 0.726 bits per heavy atom. The Kier molecular flexibility index (Phi) is 35.4. The number of aliphatic hydroxyl groups excluding tert-OH is 4. The normalized spacial score (nSPS) is 20.0. The summed E-state index contributed by atoms with van der Waals surface area (Å²) in [4.78, 5) is 62.0. The maximum atomic E-state index is 12.9. The first-order valence-electron chi connectivity index (χ1n) is 27.2. The number of carbonyl (C=O) groups is 2. The van der Waals surface area contributed by atoms with Gasteiger partial charge in [-0.1, -0.05) is 168 Å². The van der Waals surface area contributed by atoms with Gasteiger partial charge in [-0.2, -0.15) is 9.29 Å². The van der Waals surface area contributed by atoms with Gasteiger partial charge in [0.15, 0.2) is 12.3 Å². The average Bonchev–Trinajstić information content (AvgIpc) is 3.61. The highest BCUT2D eigenvalue weighted by Gasteiger charge is 2.46. The van der Waals surface area contributed by atoms with E-state index in [1.54, 1.807) is 0 Å². The zero-order chi connectivity index (χ0) is 53.9. The highest BCUT2D eigenvalue weighted by Crippen LogP contribution is 2.60. The molecule has 2 unspecified atom stereocenters. The molecule has 1 aromatic rings. The van der Waals surface area contributed by atoms with Gasteiger partial charge in [-0.15, -0.1) is 0 Å². The summed E-state index contributed by atoms with van der Waals surface area (Å²) in [5, 5.41) is 41.5. The number of nitrogens with zero attached hydrogens (tertiary/aromatic N) is 2. The van der Waals surface area contributed by atoms with Gasteiger partial charge >= 0.3 is 33.3 Å². The van der Waals surface area contributed by atoms with E-state index in [2.05, 4.69) is 30.1 Å². The molecule has 1 saturated heterocycles. The second-order valence-electron chi connectivity index (χ2n) is 19.9. The molecule has 0 saturated carbocycles. The number of nitrogens with two attached hydrogens (primary N) is 1. The smallest absolute Gasteiger partial charge is 0.462 e. The van der Waals surface area contributed by atoms with Crippen LogP contribution in [0.5, 0.6) is 0 Å².